The predicted octanol–water partition coefficient (Wildman–Crippen LogP) is 0.688. The van der Waals surface area contributed by atoms with Gasteiger partial charge in [0.05, 0.1) is 16.2 Å². The van der Waals surface area contributed by atoms with E-state index in [1.165, 1.54) is 6.92 Å². The third-order valence-electron chi connectivity index (χ3n) is 2.20. The lowest BCUT2D eigenvalue weighted by atomic mass is 10.3. The van der Waals surface area contributed by atoms with Crippen LogP contribution >= 0.6 is 0 Å². The number of rotatable bonds is 4. The lowest BCUT2D eigenvalue weighted by Crippen LogP contribution is -2.63. The van der Waals surface area contributed by atoms with Crippen molar-refractivity contribution in [1.82, 2.24) is 7.84 Å². The van der Waals surface area contributed by atoms with E-state index in [1.807, 2.05) is 0 Å². The monoisotopic (exact) mass is 343 g/mol. The van der Waals surface area contributed by atoms with E-state index in [9.17, 15) is 24.6 Å². The second-order valence-corrected chi connectivity index (χ2v) is 9.65. The summed E-state index contributed by atoms with van der Waals surface area (Å²) in [4.78, 5) is 0. The summed E-state index contributed by atoms with van der Waals surface area (Å²) in [6.45, 7) is 3.35. The molecule has 19 heavy (non-hydrogen) atoms. The van der Waals surface area contributed by atoms with Crippen molar-refractivity contribution in [3.8, 4) is 0 Å². The number of hydrogen-bond acceptors (Lipinski definition) is 5. The van der Waals surface area contributed by atoms with Crippen LogP contribution in [0.25, 0.3) is 0 Å². The van der Waals surface area contributed by atoms with Gasteiger partial charge >= 0.3 is 20.5 Å². The van der Waals surface area contributed by atoms with Crippen molar-refractivity contribution < 1.29 is 28.8 Å². The summed E-state index contributed by atoms with van der Waals surface area (Å²) < 4.78 is 82.0. The molecule has 116 valence electrons. The largest absolute Gasteiger partial charge is 0.352 e. The summed E-state index contributed by atoms with van der Waals surface area (Å²) in [7, 11) is -16.6. The molecule has 8 nitrogen and oxygen atoms in total. The average Bonchev–Trinajstić information content (AvgIpc) is 2.10. The molecule has 2 atom stereocenters. The topological polar surface area (TPSA) is 105 Å². The Morgan fingerprint density at radius 3 is 2.37 bits per heavy atom. The van der Waals surface area contributed by atoms with Crippen LogP contribution in [0.5, 0.6) is 0 Å². The molecule has 0 aromatic heterocycles. The van der Waals surface area contributed by atoms with Crippen LogP contribution in [0, 0.1) is 0 Å². The zero-order chi connectivity index (χ0) is 15.1. The molecule has 0 bridgehead atoms. The molecule has 0 aliphatic carbocycles. The first-order valence-electron chi connectivity index (χ1n) is 5.23. The molecule has 0 saturated heterocycles. The highest BCUT2D eigenvalue weighted by Gasteiger charge is 2.53. The first-order valence-corrected chi connectivity index (χ1v) is 9.79. The molecule has 0 aromatic carbocycles. The summed E-state index contributed by atoms with van der Waals surface area (Å²) in [5.41, 5.74) is 0. The molecule has 13 heteroatoms. The molecule has 0 saturated carbocycles. The van der Waals surface area contributed by atoms with Crippen LogP contribution in [-0.2, 0) is 34.8 Å². The summed E-state index contributed by atoms with van der Waals surface area (Å²) in [5.74, 6) is 0. The molecular weight excluding hydrogens is 328 g/mol. The van der Waals surface area contributed by atoms with Gasteiger partial charge in [0.25, 0.3) is 0 Å². The number of nitrogens with zero attached hydrogens (tertiary/aromatic N) is 2. The van der Waals surface area contributed by atoms with Crippen molar-refractivity contribution in [1.29, 1.82) is 0 Å². The fourth-order valence-electron chi connectivity index (χ4n) is 1.35. The molecule has 0 aromatic rings. The van der Waals surface area contributed by atoms with Crippen molar-refractivity contribution in [2.45, 2.75) is 33.3 Å². The maximum atomic E-state index is 14.6. The minimum Gasteiger partial charge on any atom is -0.235 e. The molecular formula is C6H15F2N3O5S3. The highest BCUT2D eigenvalue weighted by Crippen LogP contribution is 2.39. The molecule has 0 amide bonds. The standard InChI is InChI=1S/C6H15F2N3O5S3/c1-4-6(3)16-19(8,15)10-17(7,12)9-18(13,14)11(19)5-2/h6H,4-5H2,1-3H3,(H,9,10,12,15). The Morgan fingerprint density at radius 1 is 1.42 bits per heavy atom. The van der Waals surface area contributed by atoms with E-state index in [-0.39, 0.29) is 10.1 Å². The lowest BCUT2D eigenvalue weighted by molar-refractivity contribution is 0.185. The van der Waals surface area contributed by atoms with Gasteiger partial charge in [-0.2, -0.15) is 12.6 Å². The Labute approximate surface area is 111 Å². The molecule has 2 unspecified atom stereocenters. The van der Waals surface area contributed by atoms with Gasteiger partial charge in [-0.3, -0.25) is 0 Å². The van der Waals surface area contributed by atoms with Gasteiger partial charge in [-0.05, 0) is 24.0 Å². The average molecular weight is 343 g/mol. The van der Waals surface area contributed by atoms with Gasteiger partial charge in [-0.25, -0.2) is 4.18 Å². The predicted molar refractivity (Wildman–Crippen MR) is 66.2 cm³/mol. The number of nitrogens with one attached hydrogen (secondary N) is 1. The smallest absolute Gasteiger partial charge is 0.235 e. The Balaban J connectivity index is 3.54. The van der Waals surface area contributed by atoms with Gasteiger partial charge in [-0.15, -0.1) is 8.09 Å². The lowest BCUT2D eigenvalue weighted by Gasteiger charge is -2.47. The fraction of sp³-hybridized carbons (Fsp3) is 1.00. The second-order valence-electron chi connectivity index (χ2n) is 3.78. The zero-order valence-electron chi connectivity index (χ0n) is 10.4. The van der Waals surface area contributed by atoms with Crippen LogP contribution in [0.2, 0.25) is 0 Å². The first-order chi connectivity index (χ1) is 8.35. The van der Waals surface area contributed by atoms with Gasteiger partial charge in [0, 0.05) is 6.54 Å². The van der Waals surface area contributed by atoms with E-state index < -0.39 is 43.3 Å². The molecule has 0 radical (unpaired) electrons. The Kier molecular flexibility index (Phi) is 4.13. The summed E-state index contributed by atoms with van der Waals surface area (Å²) in [6, 6.07) is 0. The van der Waals surface area contributed by atoms with Crippen molar-refractivity contribution in [3.05, 3.63) is 0 Å². The van der Waals surface area contributed by atoms with Gasteiger partial charge in [0.15, 0.2) is 0 Å². The van der Waals surface area contributed by atoms with Crippen molar-refractivity contribution >= 4 is 30.6 Å². The van der Waals surface area contributed by atoms with Crippen LogP contribution in [0.1, 0.15) is 27.2 Å². The van der Waals surface area contributed by atoms with Crippen LogP contribution in [-0.4, -0.2) is 33.2 Å². The third-order valence-corrected chi connectivity index (χ3v) is 9.34. The summed E-state index contributed by atoms with van der Waals surface area (Å²) in [5, 5.41) is 0. The third kappa shape index (κ3) is 3.28. The van der Waals surface area contributed by atoms with Crippen molar-refractivity contribution in [3.63, 3.8) is 0 Å². The molecule has 1 aliphatic heterocycles. The van der Waals surface area contributed by atoms with Gasteiger partial charge in [0.1, 0.15) is 0 Å². The molecule has 1 N–H and O–H groups in total. The van der Waals surface area contributed by atoms with E-state index in [4.69, 9.17) is 0 Å². The fourth-order valence-corrected chi connectivity index (χ4v) is 8.31. The first kappa shape index (κ1) is 16.8. The van der Waals surface area contributed by atoms with Crippen molar-refractivity contribution in [2.75, 3.05) is 6.54 Å². The molecule has 1 rings (SSSR count). The molecule has 0 fully saturated rings. The maximum absolute atomic E-state index is 14.6. The SMILES string of the molecule is CCC(C)OS1(=O)(F)NS(=O)(F)=NS(=O)(=O)N1CC. The zero-order valence-corrected chi connectivity index (χ0v) is 12.9. The van der Waals surface area contributed by atoms with Crippen LogP contribution < -0.4 is 4.13 Å². The van der Waals surface area contributed by atoms with Crippen LogP contribution in [0.3, 0.4) is 0 Å². The van der Waals surface area contributed by atoms with Crippen LogP contribution in [0.4, 0.5) is 7.77 Å². The molecule has 0 spiro atoms. The van der Waals surface area contributed by atoms with E-state index in [0.29, 0.717) is 0 Å². The summed E-state index contributed by atoms with van der Waals surface area (Å²) >= 11 is 0. The Hall–Kier alpha value is -0.210. The van der Waals surface area contributed by atoms with E-state index in [0.717, 1.165) is 11.1 Å². The number of halogens is 2. The minimum atomic E-state index is -6.32. The Morgan fingerprint density at radius 2 is 1.95 bits per heavy atom. The van der Waals surface area contributed by atoms with Crippen LogP contribution in [0.15, 0.2) is 3.77 Å². The molecule has 1 heterocycles. The Bertz CT molecular complexity index is 655. The van der Waals surface area contributed by atoms with Crippen molar-refractivity contribution in [2.24, 2.45) is 3.77 Å². The highest BCUT2D eigenvalue weighted by molar-refractivity contribution is 8.24. The normalized spacial score (nSPS) is 36.6. The van der Waals surface area contributed by atoms with E-state index in [2.05, 4.69) is 7.95 Å². The van der Waals surface area contributed by atoms with E-state index in [1.54, 1.807) is 6.92 Å². The number of hydrogen-bond donors (Lipinski definition) is 1. The summed E-state index contributed by atoms with van der Waals surface area (Å²) in [6.07, 6.45) is -0.836. The second kappa shape index (κ2) is 4.66. The van der Waals surface area contributed by atoms with Gasteiger partial charge in [-0.1, -0.05) is 18.7 Å². The highest BCUT2D eigenvalue weighted by atomic mass is 32.4. The van der Waals surface area contributed by atoms with Gasteiger partial charge in [0.2, 0.25) is 0 Å². The van der Waals surface area contributed by atoms with E-state index >= 15 is 0 Å². The molecule has 1 aliphatic rings. The van der Waals surface area contributed by atoms with Gasteiger partial charge < -0.3 is 0 Å². The minimum absolute atomic E-state index is 0.169. The quantitative estimate of drug-likeness (QED) is 0.756. The maximum Gasteiger partial charge on any atom is 0.352 e.